The van der Waals surface area contributed by atoms with Crippen LogP contribution in [0, 0.1) is 0 Å². The van der Waals surface area contributed by atoms with Crippen molar-refractivity contribution in [3.05, 3.63) is 12.4 Å². The third kappa shape index (κ3) is 9.63. The second-order valence-electron chi connectivity index (χ2n) is 2.84. The van der Waals surface area contributed by atoms with E-state index in [9.17, 15) is 4.39 Å². The third-order valence-electron chi connectivity index (χ3n) is 1.62. The maximum Gasteiger partial charge on any atom is 0.0940 e. The molecule has 0 saturated carbocycles. The fourth-order valence-electron chi connectivity index (χ4n) is 0.556. The summed E-state index contributed by atoms with van der Waals surface area (Å²) in [6.45, 7) is 12.1. The molecule has 0 radical (unpaired) electrons. The van der Waals surface area contributed by atoms with Gasteiger partial charge in [0.15, 0.2) is 0 Å². The van der Waals surface area contributed by atoms with Crippen molar-refractivity contribution in [3.63, 3.8) is 0 Å². The molecule has 0 amide bonds. The lowest BCUT2D eigenvalue weighted by Gasteiger charge is -2.19. The van der Waals surface area contributed by atoms with E-state index >= 15 is 0 Å². The molecule has 0 bridgehead atoms. The molecule has 0 aromatic rings. The van der Waals surface area contributed by atoms with Gasteiger partial charge in [-0.15, -0.1) is 0 Å². The van der Waals surface area contributed by atoms with Crippen LogP contribution in [0.15, 0.2) is 12.4 Å². The lowest BCUT2D eigenvalue weighted by atomic mass is 10.3. The summed E-state index contributed by atoms with van der Waals surface area (Å²) >= 11 is 0. The Hall–Kier alpha value is -0.370. The molecule has 0 aliphatic rings. The second kappa shape index (κ2) is 8.72. The Morgan fingerprint density at radius 2 is 1.83 bits per heavy atom. The van der Waals surface area contributed by atoms with Crippen molar-refractivity contribution < 1.29 is 4.39 Å². The number of halogens is 1. The average Bonchev–Trinajstić information content (AvgIpc) is 2.03. The Labute approximate surface area is 76.3 Å². The van der Waals surface area contributed by atoms with Crippen LogP contribution in [0.3, 0.4) is 0 Å². The maximum absolute atomic E-state index is 12.1. The molecule has 0 spiro atoms. The van der Waals surface area contributed by atoms with E-state index in [1.54, 1.807) is 0 Å². The highest BCUT2D eigenvalue weighted by molar-refractivity contribution is 4.80. The number of hydrogen-bond donors (Lipinski definition) is 0. The predicted octanol–water partition coefficient (Wildman–Crippen LogP) is 3.23. The van der Waals surface area contributed by atoms with E-state index in [-0.39, 0.29) is 5.83 Å². The molecule has 0 aliphatic heterocycles. The van der Waals surface area contributed by atoms with Gasteiger partial charge in [0.05, 0.1) is 5.83 Å². The zero-order valence-electron chi connectivity index (χ0n) is 9.02. The fourth-order valence-corrected chi connectivity index (χ4v) is 0.556. The van der Waals surface area contributed by atoms with Gasteiger partial charge >= 0.3 is 0 Å². The minimum Gasteiger partial charge on any atom is -0.304 e. The summed E-state index contributed by atoms with van der Waals surface area (Å²) in [6, 6.07) is 0.486. The molecule has 0 atom stereocenters. The van der Waals surface area contributed by atoms with Gasteiger partial charge in [-0.2, -0.15) is 0 Å². The highest BCUT2D eigenvalue weighted by Crippen LogP contribution is 2.02. The highest BCUT2D eigenvalue weighted by atomic mass is 19.1. The van der Waals surface area contributed by atoms with Gasteiger partial charge in [-0.1, -0.05) is 20.4 Å². The molecule has 0 aromatic carbocycles. The molecule has 0 heterocycles. The van der Waals surface area contributed by atoms with E-state index in [1.807, 2.05) is 20.9 Å². The first kappa shape index (κ1) is 14.2. The molecule has 0 fully saturated rings. The van der Waals surface area contributed by atoms with Crippen LogP contribution < -0.4 is 0 Å². The molecule has 12 heavy (non-hydrogen) atoms. The molecular formula is C10H22FN. The predicted molar refractivity (Wildman–Crippen MR) is 54.0 cm³/mol. The van der Waals surface area contributed by atoms with Crippen LogP contribution in [0.4, 0.5) is 4.39 Å². The summed E-state index contributed by atoms with van der Waals surface area (Å²) in [7, 11) is 1.98. The molecule has 0 aromatic heterocycles. The molecule has 0 rings (SSSR count). The van der Waals surface area contributed by atoms with Crippen LogP contribution in [0.1, 0.15) is 34.1 Å². The van der Waals surface area contributed by atoms with Crippen molar-refractivity contribution in [2.75, 3.05) is 13.6 Å². The standard InChI is InChI=1S/C8H16FN.C2H6/c1-7(2)10(4)6-5-8(3)9;1-2/h7H,3,5-6H2,1-2,4H3;1-2H3. The molecule has 1 nitrogen and oxygen atoms in total. The summed E-state index contributed by atoms with van der Waals surface area (Å²) in [4.78, 5) is 2.09. The molecule has 0 aliphatic carbocycles. The lowest BCUT2D eigenvalue weighted by Crippen LogP contribution is -2.27. The third-order valence-corrected chi connectivity index (χ3v) is 1.62. The summed E-state index contributed by atoms with van der Waals surface area (Å²) < 4.78 is 12.1. The van der Waals surface area contributed by atoms with Gasteiger partial charge in [-0.25, -0.2) is 4.39 Å². The Kier molecular flexibility index (Phi) is 10.3. The van der Waals surface area contributed by atoms with E-state index in [4.69, 9.17) is 0 Å². The van der Waals surface area contributed by atoms with Crippen LogP contribution in [-0.4, -0.2) is 24.5 Å². The summed E-state index contributed by atoms with van der Waals surface area (Å²) in [5.74, 6) is -0.229. The molecule has 74 valence electrons. The van der Waals surface area contributed by atoms with Crippen molar-refractivity contribution in [1.29, 1.82) is 0 Å². The van der Waals surface area contributed by atoms with Crippen LogP contribution >= 0.6 is 0 Å². The van der Waals surface area contributed by atoms with E-state index in [0.29, 0.717) is 12.5 Å². The first-order valence-electron chi connectivity index (χ1n) is 4.57. The average molecular weight is 175 g/mol. The van der Waals surface area contributed by atoms with Gasteiger partial charge in [0.1, 0.15) is 0 Å². The first-order chi connectivity index (χ1) is 5.54. The van der Waals surface area contributed by atoms with Crippen molar-refractivity contribution in [1.82, 2.24) is 4.90 Å². The summed E-state index contributed by atoms with van der Waals surface area (Å²) in [6.07, 6.45) is 0.453. The summed E-state index contributed by atoms with van der Waals surface area (Å²) in [5, 5.41) is 0. The smallest absolute Gasteiger partial charge is 0.0940 e. The molecule has 0 saturated heterocycles. The normalized spacial score (nSPS) is 9.67. The van der Waals surface area contributed by atoms with E-state index < -0.39 is 0 Å². The van der Waals surface area contributed by atoms with E-state index in [1.165, 1.54) is 0 Å². The Morgan fingerprint density at radius 1 is 1.42 bits per heavy atom. The van der Waals surface area contributed by atoms with Crippen LogP contribution in [0.25, 0.3) is 0 Å². The SMILES string of the molecule is C=C(F)CCN(C)C(C)C.CC. The maximum atomic E-state index is 12.1. The van der Waals surface area contributed by atoms with E-state index in [2.05, 4.69) is 25.3 Å². The summed E-state index contributed by atoms with van der Waals surface area (Å²) in [5.41, 5.74) is 0. The largest absolute Gasteiger partial charge is 0.304 e. The zero-order valence-corrected chi connectivity index (χ0v) is 9.02. The topological polar surface area (TPSA) is 3.24 Å². The van der Waals surface area contributed by atoms with Gasteiger partial charge in [-0.05, 0) is 20.9 Å². The minimum atomic E-state index is -0.229. The molecule has 2 heteroatoms. The van der Waals surface area contributed by atoms with Crippen LogP contribution in [0.2, 0.25) is 0 Å². The number of hydrogen-bond acceptors (Lipinski definition) is 1. The zero-order chi connectivity index (χ0) is 10.1. The van der Waals surface area contributed by atoms with Gasteiger partial charge < -0.3 is 4.90 Å². The highest BCUT2D eigenvalue weighted by Gasteiger charge is 2.02. The fraction of sp³-hybridized carbons (Fsp3) is 0.800. The monoisotopic (exact) mass is 175 g/mol. The van der Waals surface area contributed by atoms with Crippen LogP contribution in [-0.2, 0) is 0 Å². The Balaban J connectivity index is 0. The Morgan fingerprint density at radius 3 is 2.08 bits per heavy atom. The van der Waals surface area contributed by atoms with Crippen molar-refractivity contribution in [2.45, 2.75) is 40.2 Å². The van der Waals surface area contributed by atoms with Gasteiger partial charge in [0.25, 0.3) is 0 Å². The first-order valence-corrected chi connectivity index (χ1v) is 4.57. The van der Waals surface area contributed by atoms with Gasteiger partial charge in [0.2, 0.25) is 0 Å². The number of nitrogens with zero attached hydrogens (tertiary/aromatic N) is 1. The quantitative estimate of drug-likeness (QED) is 0.634. The van der Waals surface area contributed by atoms with Crippen LogP contribution in [0.5, 0.6) is 0 Å². The molecule has 0 N–H and O–H groups in total. The molecule has 0 unspecified atom stereocenters. The Bertz CT molecular complexity index is 110. The van der Waals surface area contributed by atoms with Gasteiger partial charge in [-0.3, -0.25) is 0 Å². The van der Waals surface area contributed by atoms with Crippen molar-refractivity contribution >= 4 is 0 Å². The molecular weight excluding hydrogens is 153 g/mol. The van der Waals surface area contributed by atoms with Crippen molar-refractivity contribution in [2.24, 2.45) is 0 Å². The van der Waals surface area contributed by atoms with E-state index in [0.717, 1.165) is 6.54 Å². The van der Waals surface area contributed by atoms with Crippen molar-refractivity contribution in [3.8, 4) is 0 Å². The number of rotatable bonds is 4. The lowest BCUT2D eigenvalue weighted by molar-refractivity contribution is 0.271. The second-order valence-corrected chi connectivity index (χ2v) is 2.84. The van der Waals surface area contributed by atoms with Gasteiger partial charge in [0, 0.05) is 19.0 Å². The minimum absolute atomic E-state index is 0.229.